The lowest BCUT2D eigenvalue weighted by Crippen LogP contribution is -2.63. The molecular weight excluding hydrogens is 1640 g/mol. The molecule has 124 heavy (non-hydrogen) atoms. The van der Waals surface area contributed by atoms with Crippen molar-refractivity contribution >= 4 is 119 Å². The Bertz CT molecular complexity index is 4260. The van der Waals surface area contributed by atoms with Gasteiger partial charge in [-0.25, -0.2) is 4.79 Å². The molecule has 3 heterocycles. The number of para-hydroxylation sites is 1. The Labute approximate surface area is 717 Å². The third-order valence-corrected chi connectivity index (χ3v) is 21.2. The number of rotatable bonds is 52. The molecule has 5 rings (SSSR count). The van der Waals surface area contributed by atoms with Gasteiger partial charge in [-0.3, -0.25) is 81.3 Å². The fraction of sp³-hybridized carbons (Fsp3) is 0.613. The Balaban J connectivity index is 1.36. The molecule has 17 atom stereocenters. The molecule has 1 unspecified atom stereocenters. The van der Waals surface area contributed by atoms with E-state index in [1.165, 1.54) is 47.9 Å². The van der Waals surface area contributed by atoms with Gasteiger partial charge in [0.05, 0.1) is 25.4 Å². The lowest BCUT2D eigenvalue weighted by molar-refractivity contribution is -0.224. The number of amides is 15. The summed E-state index contributed by atoms with van der Waals surface area (Å²) < 4.78 is 17.1. The quantitative estimate of drug-likeness (QED) is 0.0187. The first-order valence-electron chi connectivity index (χ1n) is 41.3. The molecule has 2 aromatic carbocycles. The maximum Gasteiger partial charge on any atom is 0.326 e. The average molecular weight is 1770 g/mol. The number of phosphoric acid groups is 1. The standard InChI is InChI=1S/C80H123N18O25P/c1-41(2)33-54(70(108)90-57(37-48-38-84-50-22-14-13-21-49(48)50)73(111)86-51(23-15-16-30-81)67(105)93-58(80(118)119)35-43(5)6)89-66(104)45(8)85-74(112)59(39-99)94-72(110)56(36-47-19-11-10-12-20-47)92-77(115)65(46(9)123-124(120,121)122)96-69(107)53(27-29-64(102)103)87-68(106)52(26-28-63(83)101)88-75(113)60(40-100)95-71(109)55(34-42(3)4)91-76(114)61-24-17-31-97(61)79(117)62-25-18-32-98(62)78(116)44(7)82/h10-14,19-22,38,41-46,51-62,65,84,99-100H,15-18,23-37,39-40,81-82H2,1-9H3,(H2,83,101)(H,85,112)(H,86,111)(H,87,106)(H,88,113)(H,89,104)(H,90,108)(H,91,114)(H,92,115)(H,93,105)(H,94,110)(H,95,109)(H,96,107)(H,102,103)(H,118,119)(H2,120,121,122)/p-1/t44-,45-,46+,51-,52-,53-,54-,55-,56-,57-,58-,59-,60-,61-,62-,65-/m0/s1. The van der Waals surface area contributed by atoms with Gasteiger partial charge in [-0.2, -0.15) is 0 Å². The summed E-state index contributed by atoms with van der Waals surface area (Å²) in [5, 5.41) is 70.7. The van der Waals surface area contributed by atoms with Crippen LogP contribution in [0.25, 0.3) is 10.9 Å². The second-order valence-corrected chi connectivity index (χ2v) is 33.5. The van der Waals surface area contributed by atoms with Crippen LogP contribution in [0.15, 0.2) is 60.8 Å². The van der Waals surface area contributed by atoms with Crippen molar-refractivity contribution in [1.29, 1.82) is 0 Å². The summed E-state index contributed by atoms with van der Waals surface area (Å²) in [6.07, 6.45) is -2.25. The predicted octanol–water partition coefficient (Wildman–Crippen LogP) is -4.55. The molecule has 3 aromatic rings. The lowest BCUT2D eigenvalue weighted by Gasteiger charge is -2.32. The van der Waals surface area contributed by atoms with Crippen LogP contribution < -0.4 is 85.9 Å². The van der Waals surface area contributed by atoms with Gasteiger partial charge in [0.1, 0.15) is 84.6 Å². The van der Waals surface area contributed by atoms with Crippen molar-refractivity contribution in [3.63, 3.8) is 0 Å². The number of hydrogen-bond donors (Lipinski definition) is 21. The monoisotopic (exact) mass is 1770 g/mol. The molecular formula is C80H122N18O25P-. The van der Waals surface area contributed by atoms with E-state index in [4.69, 9.17) is 21.7 Å². The normalized spacial score (nSPS) is 17.8. The Morgan fingerprint density at radius 3 is 1.47 bits per heavy atom. The first-order valence-corrected chi connectivity index (χ1v) is 42.8. The van der Waals surface area contributed by atoms with E-state index in [0.717, 1.165) is 6.92 Å². The second kappa shape index (κ2) is 50.0. The maximum atomic E-state index is 14.7. The number of carbonyl (C=O) groups is 17. The molecule has 24 N–H and O–H groups in total. The van der Waals surface area contributed by atoms with Crippen molar-refractivity contribution in [3.8, 4) is 0 Å². The van der Waals surface area contributed by atoms with Gasteiger partial charge < -0.3 is 131 Å². The van der Waals surface area contributed by atoms with Crippen LogP contribution in [0.3, 0.4) is 0 Å². The van der Waals surface area contributed by atoms with E-state index in [1.54, 1.807) is 78.1 Å². The molecule has 0 radical (unpaired) electrons. The number of aliphatic hydroxyl groups excluding tert-OH is 2. The van der Waals surface area contributed by atoms with Crippen LogP contribution in [0.5, 0.6) is 0 Å². The van der Waals surface area contributed by atoms with E-state index >= 15 is 0 Å². The van der Waals surface area contributed by atoms with Gasteiger partial charge in [-0.15, -0.1) is 0 Å². The van der Waals surface area contributed by atoms with Gasteiger partial charge >= 0.3 is 11.9 Å². The molecule has 0 aliphatic carbocycles. The van der Waals surface area contributed by atoms with E-state index in [9.17, 15) is 116 Å². The van der Waals surface area contributed by atoms with Crippen LogP contribution in [0, 0.1) is 17.8 Å². The number of unbranched alkanes of at least 4 members (excludes halogenated alkanes) is 1. The van der Waals surface area contributed by atoms with Gasteiger partial charge in [0.15, 0.2) is 0 Å². The van der Waals surface area contributed by atoms with E-state index < -0.39 is 250 Å². The number of carboxylic acid groups (broad SMARTS) is 2. The topological polar surface area (TPSA) is 685 Å². The van der Waals surface area contributed by atoms with Gasteiger partial charge in [0, 0.05) is 55.9 Å². The number of aromatic nitrogens is 1. The van der Waals surface area contributed by atoms with Crippen LogP contribution in [0.2, 0.25) is 0 Å². The van der Waals surface area contributed by atoms with Crippen molar-refractivity contribution < 1.29 is 121 Å². The Kier molecular flexibility index (Phi) is 41.7. The number of nitrogens with two attached hydrogens (primary N) is 3. The molecule has 2 aliphatic heterocycles. The number of benzene rings is 2. The third-order valence-electron chi connectivity index (χ3n) is 20.6. The molecule has 43 nitrogen and oxygen atoms in total. The van der Waals surface area contributed by atoms with E-state index in [-0.39, 0.29) is 75.9 Å². The summed E-state index contributed by atoms with van der Waals surface area (Å²) in [5.74, 6) is -19.2. The molecule has 0 bridgehead atoms. The minimum absolute atomic E-state index is 0.0264. The van der Waals surface area contributed by atoms with Crippen molar-refractivity contribution in [2.45, 2.75) is 262 Å². The highest BCUT2D eigenvalue weighted by atomic mass is 31.2. The molecule has 688 valence electrons. The molecule has 1 aromatic heterocycles. The summed E-state index contributed by atoms with van der Waals surface area (Å²) >= 11 is 0. The summed E-state index contributed by atoms with van der Waals surface area (Å²) in [6.45, 7) is 12.2. The molecule has 0 spiro atoms. The minimum atomic E-state index is -5.90. The van der Waals surface area contributed by atoms with Gasteiger partial charge in [-0.05, 0) is 139 Å². The van der Waals surface area contributed by atoms with E-state index in [1.807, 2.05) is 0 Å². The predicted molar refractivity (Wildman–Crippen MR) is 443 cm³/mol. The number of aliphatic carboxylic acids is 2. The van der Waals surface area contributed by atoms with E-state index in [0.29, 0.717) is 54.1 Å². The number of fused-ring (bicyclic) bond motifs is 1. The second-order valence-electron chi connectivity index (χ2n) is 32.3. The van der Waals surface area contributed by atoms with Crippen molar-refractivity contribution in [1.82, 2.24) is 78.6 Å². The van der Waals surface area contributed by atoms with Gasteiger partial charge in [0.25, 0.3) is 7.82 Å². The number of phosphoric ester groups is 1. The zero-order valence-electron chi connectivity index (χ0n) is 71.1. The number of aromatic amines is 1. The molecule has 2 fully saturated rings. The maximum absolute atomic E-state index is 14.7. The van der Waals surface area contributed by atoms with Gasteiger partial charge in [0.2, 0.25) is 88.6 Å². The number of aliphatic hydroxyl groups is 2. The zero-order chi connectivity index (χ0) is 92.6. The molecule has 44 heteroatoms. The lowest BCUT2D eigenvalue weighted by atomic mass is 9.99. The number of nitrogens with zero attached hydrogens (tertiary/aromatic N) is 2. The fourth-order valence-corrected chi connectivity index (χ4v) is 14.7. The Morgan fingerprint density at radius 2 is 0.944 bits per heavy atom. The van der Waals surface area contributed by atoms with Crippen LogP contribution >= 0.6 is 7.82 Å². The number of carboxylic acids is 2. The fourth-order valence-electron chi connectivity index (χ4n) is 14.2. The summed E-state index contributed by atoms with van der Waals surface area (Å²) in [7, 11) is -5.90. The average Bonchev–Trinajstić information content (AvgIpc) is 1.64. The number of likely N-dealkylation sites (tertiary alicyclic amines) is 2. The molecule has 15 amide bonds. The highest BCUT2D eigenvalue weighted by Crippen LogP contribution is 2.34. The Morgan fingerprint density at radius 1 is 0.508 bits per heavy atom. The number of H-pyrrole nitrogens is 1. The molecule has 2 saturated heterocycles. The first-order chi connectivity index (χ1) is 58.4. The molecule has 2 aliphatic rings. The first kappa shape index (κ1) is 103. The van der Waals surface area contributed by atoms with Crippen LogP contribution in [-0.4, -0.2) is 270 Å². The SMILES string of the molecule is CC(C)C[C@H](NC(=O)[C@H](CCCCN)NC(=O)[C@H](Cc1c[nH]c2ccccc12)NC(=O)[C@H](CC(C)C)NC(=O)[C@H](C)NC(=O)[C@H](CO)NC(=O)[C@H](Cc1ccccc1)NC(=O)[C@@H](NC(=O)[C@H](CCC(=O)O)NC(=O)[C@H](CCC(N)=O)NC(=O)[C@H](CO)NC(=O)[C@H](CC(C)C)NC(=O)[C@@H]1CCCN1C(=O)[C@@H]1CCCN1C(=O)[C@H](C)N)[C@@H](C)OP(=O)([O-])O)C(=O)O. The van der Waals surface area contributed by atoms with Crippen LogP contribution in [-0.2, 0) is 103 Å². The number of nitrogens with one attached hydrogen (secondary N) is 13. The van der Waals surface area contributed by atoms with Crippen molar-refractivity contribution in [2.75, 3.05) is 32.8 Å². The number of primary amides is 1. The smallest absolute Gasteiger partial charge is 0.326 e. The van der Waals surface area contributed by atoms with E-state index in [2.05, 4.69) is 68.8 Å². The Hall–Kier alpha value is -11.1. The zero-order valence-corrected chi connectivity index (χ0v) is 72.0. The summed E-state index contributed by atoms with van der Waals surface area (Å²) in [6, 6.07) is -8.97. The summed E-state index contributed by atoms with van der Waals surface area (Å²) in [4.78, 5) is 263. The summed E-state index contributed by atoms with van der Waals surface area (Å²) in [5.41, 5.74) is 18.6. The molecule has 0 saturated carbocycles. The van der Waals surface area contributed by atoms with Gasteiger partial charge in [-0.1, -0.05) is 90.1 Å². The minimum Gasteiger partial charge on any atom is -0.756 e. The highest BCUT2D eigenvalue weighted by molar-refractivity contribution is 7.44. The van der Waals surface area contributed by atoms with Crippen molar-refractivity contribution in [2.24, 2.45) is 35.0 Å². The van der Waals surface area contributed by atoms with Crippen molar-refractivity contribution in [3.05, 3.63) is 71.9 Å². The third kappa shape index (κ3) is 33.2. The largest absolute Gasteiger partial charge is 0.756 e. The highest BCUT2D eigenvalue weighted by Gasteiger charge is 2.45. The van der Waals surface area contributed by atoms with Crippen LogP contribution in [0.4, 0.5) is 0 Å². The number of carbonyl (C=O) groups excluding carboxylic acids is 15. The van der Waals surface area contributed by atoms with Crippen LogP contribution in [0.1, 0.15) is 163 Å². The number of hydrogen-bond acceptors (Lipinski definition) is 24.